The Morgan fingerprint density at radius 3 is 2.70 bits per heavy atom. The van der Waals surface area contributed by atoms with Gasteiger partial charge < -0.3 is 10.8 Å². The molecule has 0 aromatic rings. The van der Waals surface area contributed by atoms with Crippen LogP contribution >= 0.6 is 22.7 Å². The summed E-state index contributed by atoms with van der Waals surface area (Å²) in [6, 6.07) is 0. The minimum absolute atomic E-state index is 0.105. The maximum absolute atomic E-state index is 8.81. The van der Waals surface area contributed by atoms with Crippen molar-refractivity contribution in [2.24, 2.45) is 5.73 Å². The maximum Gasteiger partial charge on any atom is 0.0718 e. The summed E-state index contributed by atoms with van der Waals surface area (Å²) in [5.41, 5.74) is 5.32. The summed E-state index contributed by atoms with van der Waals surface area (Å²) in [7, 11) is -0.105. The Labute approximate surface area is 69.9 Å². The van der Waals surface area contributed by atoms with E-state index in [9.17, 15) is 0 Å². The van der Waals surface area contributed by atoms with Crippen molar-refractivity contribution in [3.8, 4) is 0 Å². The molecule has 1 atom stereocenters. The van der Waals surface area contributed by atoms with Gasteiger partial charge in [0.05, 0.1) is 5.94 Å². The van der Waals surface area contributed by atoms with Crippen LogP contribution in [0.5, 0.6) is 0 Å². The van der Waals surface area contributed by atoms with Crippen molar-refractivity contribution in [1.29, 1.82) is 0 Å². The van der Waals surface area contributed by atoms with Gasteiger partial charge in [0.15, 0.2) is 0 Å². The molecule has 0 saturated heterocycles. The Morgan fingerprint density at radius 1 is 1.60 bits per heavy atom. The van der Waals surface area contributed by atoms with Crippen LogP contribution in [0.3, 0.4) is 0 Å². The number of thiol groups is 1. The Bertz CT molecular complexity index is 68.8. The predicted octanol–water partition coefficient (Wildman–Crippen LogP) is 0.607. The molecule has 0 fully saturated rings. The van der Waals surface area contributed by atoms with Crippen molar-refractivity contribution in [1.82, 2.24) is 0 Å². The van der Waals surface area contributed by atoms with Crippen molar-refractivity contribution < 1.29 is 5.11 Å². The summed E-state index contributed by atoms with van der Waals surface area (Å²) in [4.78, 5) is 0. The predicted molar refractivity (Wildman–Crippen MR) is 53.0 cm³/mol. The quantitative estimate of drug-likeness (QED) is 0.417. The van der Waals surface area contributed by atoms with Gasteiger partial charge in [0.1, 0.15) is 0 Å². The molecule has 0 aliphatic heterocycles. The molecule has 10 heavy (non-hydrogen) atoms. The lowest BCUT2D eigenvalue weighted by Crippen LogP contribution is -2.03. The van der Waals surface area contributed by atoms with Crippen LogP contribution < -0.4 is 5.73 Å². The number of thioether (sulfide) groups is 1. The fourth-order valence-corrected chi connectivity index (χ4v) is 3.48. The second kappa shape index (κ2) is 7.72. The first-order valence-corrected chi connectivity index (χ1v) is 6.51. The molecule has 1 unspecified atom stereocenters. The van der Waals surface area contributed by atoms with Crippen LogP contribution in [0.25, 0.3) is 0 Å². The van der Waals surface area contributed by atoms with Gasteiger partial charge in [0.2, 0.25) is 0 Å². The largest absolute Gasteiger partial charge is 0.387 e. The number of nitrogens with two attached hydrogens (primary N) is 1. The molecule has 0 aliphatic rings. The highest BCUT2D eigenvalue weighted by Gasteiger charge is 1.97. The van der Waals surface area contributed by atoms with Crippen LogP contribution in [-0.2, 0) is 0 Å². The van der Waals surface area contributed by atoms with E-state index in [-0.39, 0.29) is 10.9 Å². The van der Waals surface area contributed by atoms with Crippen LogP contribution in [0, 0.1) is 0 Å². The molecule has 0 aliphatic carbocycles. The monoisotopic (exact) mass is 183 g/mol. The van der Waals surface area contributed by atoms with Gasteiger partial charge in [-0.15, -0.1) is 0 Å². The van der Waals surface area contributed by atoms with Gasteiger partial charge in [-0.1, -0.05) is 6.92 Å². The van der Waals surface area contributed by atoms with Crippen LogP contribution in [0.4, 0.5) is 0 Å². The molecule has 0 radical (unpaired) electrons. The van der Waals surface area contributed by atoms with E-state index in [0.717, 1.165) is 23.1 Å². The van der Waals surface area contributed by atoms with Crippen LogP contribution in [0.1, 0.15) is 6.92 Å². The topological polar surface area (TPSA) is 46.2 Å². The third-order valence-electron chi connectivity index (χ3n) is 1.18. The molecule has 0 aromatic carbocycles. The van der Waals surface area contributed by atoms with Crippen LogP contribution in [0.2, 0.25) is 0 Å². The fourth-order valence-electron chi connectivity index (χ4n) is 0.509. The van der Waals surface area contributed by atoms with Crippen molar-refractivity contribution in [2.45, 2.75) is 6.92 Å². The zero-order valence-corrected chi connectivity index (χ0v) is 8.13. The molecule has 3 N–H and O–H groups in total. The lowest BCUT2D eigenvalue weighted by molar-refractivity contribution is 0.373. The first-order valence-electron chi connectivity index (χ1n) is 3.46. The lowest BCUT2D eigenvalue weighted by atomic mass is 10.8. The molecule has 0 saturated carbocycles. The van der Waals surface area contributed by atoms with Gasteiger partial charge in [-0.3, -0.25) is 0 Å². The zero-order chi connectivity index (χ0) is 7.82. The molecule has 0 amide bonds. The highest BCUT2D eigenvalue weighted by atomic mass is 32.2. The molecule has 4 heteroatoms. The SMILES string of the molecule is CC[SH](CO)CSCCN. The molecule has 0 aromatic heterocycles. The Balaban J connectivity index is 3.09. The average Bonchev–Trinajstić information content (AvgIpc) is 1.99. The molecule has 64 valence electrons. The smallest absolute Gasteiger partial charge is 0.0718 e. The molecule has 0 bridgehead atoms. The minimum Gasteiger partial charge on any atom is -0.387 e. The van der Waals surface area contributed by atoms with Gasteiger partial charge in [-0.25, -0.2) is 10.9 Å². The number of hydrogen-bond acceptors (Lipinski definition) is 3. The molecular weight excluding hydrogens is 166 g/mol. The van der Waals surface area contributed by atoms with E-state index in [1.165, 1.54) is 0 Å². The number of hydrogen-bond donors (Lipinski definition) is 3. The first-order chi connectivity index (χ1) is 4.85. The van der Waals surface area contributed by atoms with Gasteiger partial charge >= 0.3 is 0 Å². The Hall–Kier alpha value is 0.620. The second-order valence-corrected chi connectivity index (χ2v) is 6.06. The number of aliphatic hydroxyl groups is 1. The second-order valence-electron chi connectivity index (χ2n) is 1.95. The fraction of sp³-hybridized carbons (Fsp3) is 1.00. The third-order valence-corrected chi connectivity index (χ3v) is 5.19. The Kier molecular flexibility index (Phi) is 8.20. The standard InChI is InChI=1S/C6H17NOS2/c1-2-10(5-8)6-9-4-3-7/h8,10H,2-7H2,1H3. The summed E-state index contributed by atoms with van der Waals surface area (Å²) >= 11 is 1.85. The average molecular weight is 183 g/mol. The van der Waals surface area contributed by atoms with E-state index in [0.29, 0.717) is 5.94 Å². The van der Waals surface area contributed by atoms with Crippen molar-refractivity contribution in [2.75, 3.05) is 29.1 Å². The van der Waals surface area contributed by atoms with E-state index in [1.807, 2.05) is 11.8 Å². The van der Waals surface area contributed by atoms with Crippen molar-refractivity contribution in [3.63, 3.8) is 0 Å². The van der Waals surface area contributed by atoms with E-state index in [1.54, 1.807) is 0 Å². The number of rotatable bonds is 6. The van der Waals surface area contributed by atoms with E-state index in [2.05, 4.69) is 6.92 Å². The normalized spacial score (nSPS) is 15.3. The maximum atomic E-state index is 8.81. The number of aliphatic hydroxyl groups excluding tert-OH is 1. The molecule has 0 rings (SSSR count). The first kappa shape index (κ1) is 10.6. The van der Waals surface area contributed by atoms with Crippen LogP contribution in [-0.4, -0.2) is 34.2 Å². The molecule has 2 nitrogen and oxygen atoms in total. The van der Waals surface area contributed by atoms with Crippen molar-refractivity contribution in [3.05, 3.63) is 0 Å². The highest BCUT2D eigenvalue weighted by molar-refractivity contribution is 8.26. The van der Waals surface area contributed by atoms with Gasteiger partial charge in [-0.05, 0) is 5.75 Å². The zero-order valence-electron chi connectivity index (χ0n) is 6.42. The van der Waals surface area contributed by atoms with Gasteiger partial charge in [0, 0.05) is 17.4 Å². The van der Waals surface area contributed by atoms with Gasteiger partial charge in [0.25, 0.3) is 0 Å². The summed E-state index contributed by atoms with van der Waals surface area (Å²) in [6.45, 7) is 2.88. The minimum atomic E-state index is -0.105. The summed E-state index contributed by atoms with van der Waals surface area (Å²) in [5, 5.41) is 9.92. The Morgan fingerprint density at radius 2 is 2.30 bits per heavy atom. The van der Waals surface area contributed by atoms with E-state index >= 15 is 0 Å². The van der Waals surface area contributed by atoms with Crippen molar-refractivity contribution >= 4 is 22.7 Å². The molecule has 0 spiro atoms. The summed E-state index contributed by atoms with van der Waals surface area (Å²) in [5.74, 6) is 2.53. The van der Waals surface area contributed by atoms with Gasteiger partial charge in [-0.2, -0.15) is 11.8 Å². The molecular formula is C6H17NOS2. The van der Waals surface area contributed by atoms with E-state index in [4.69, 9.17) is 10.8 Å². The summed E-state index contributed by atoms with van der Waals surface area (Å²) in [6.07, 6.45) is 0. The molecule has 0 heterocycles. The third kappa shape index (κ3) is 5.41. The van der Waals surface area contributed by atoms with Crippen LogP contribution in [0.15, 0.2) is 0 Å². The highest BCUT2D eigenvalue weighted by Crippen LogP contribution is 2.27. The van der Waals surface area contributed by atoms with E-state index < -0.39 is 0 Å². The summed E-state index contributed by atoms with van der Waals surface area (Å²) < 4.78 is 0. The lowest BCUT2D eigenvalue weighted by Gasteiger charge is -2.14.